The van der Waals surface area contributed by atoms with Crippen LogP contribution >= 0.6 is 0 Å². The van der Waals surface area contributed by atoms with E-state index >= 15 is 0 Å². The van der Waals surface area contributed by atoms with Crippen molar-refractivity contribution in [1.29, 1.82) is 0 Å². The molecule has 61 heavy (non-hydrogen) atoms. The molecule has 0 radical (unpaired) electrons. The van der Waals surface area contributed by atoms with E-state index in [4.69, 9.17) is 18.8 Å². The molecule has 0 spiro atoms. The lowest BCUT2D eigenvalue weighted by molar-refractivity contribution is 0.548. The van der Waals surface area contributed by atoms with Crippen LogP contribution in [0.5, 0.6) is 0 Å². The van der Waals surface area contributed by atoms with Crippen LogP contribution in [0.25, 0.3) is 78.2 Å². The van der Waals surface area contributed by atoms with E-state index in [2.05, 4.69) is 170 Å². The number of furan rings is 2. The number of hydrogen-bond donors (Lipinski definition) is 0. The number of fused-ring (bicyclic) bond motifs is 1. The number of aromatic nitrogens is 2. The van der Waals surface area contributed by atoms with Crippen molar-refractivity contribution < 1.29 is 8.83 Å². The first-order chi connectivity index (χ1) is 29.8. The van der Waals surface area contributed by atoms with Gasteiger partial charge in [0.2, 0.25) is 0 Å². The molecule has 5 heteroatoms. The molecule has 10 aromatic rings. The average Bonchev–Trinajstić information content (AvgIpc) is 3.95. The van der Waals surface area contributed by atoms with Crippen molar-refractivity contribution in [2.24, 2.45) is 0 Å². The van der Waals surface area contributed by atoms with E-state index in [0.29, 0.717) is 0 Å². The van der Waals surface area contributed by atoms with Gasteiger partial charge in [0.1, 0.15) is 23.0 Å². The molecule has 294 valence electrons. The Morgan fingerprint density at radius 2 is 0.852 bits per heavy atom. The van der Waals surface area contributed by atoms with Crippen LogP contribution in [-0.4, -0.2) is 9.97 Å². The van der Waals surface area contributed by atoms with Gasteiger partial charge in [-0.1, -0.05) is 97.1 Å². The summed E-state index contributed by atoms with van der Waals surface area (Å²) in [7, 11) is 0. The lowest BCUT2D eigenvalue weighted by atomic mass is 9.96. The van der Waals surface area contributed by atoms with Gasteiger partial charge in [-0.3, -0.25) is 9.97 Å². The Balaban J connectivity index is 1.25. The largest absolute Gasteiger partial charge is 0.461 e. The minimum atomic E-state index is 0.784. The molecule has 4 aromatic heterocycles. The van der Waals surface area contributed by atoms with Crippen molar-refractivity contribution in [3.8, 4) is 67.4 Å². The fourth-order valence-corrected chi connectivity index (χ4v) is 8.29. The highest BCUT2D eigenvalue weighted by Gasteiger charge is 2.22. The summed E-state index contributed by atoms with van der Waals surface area (Å²) >= 11 is 0. The van der Waals surface area contributed by atoms with Crippen molar-refractivity contribution in [2.75, 3.05) is 4.90 Å². The molecule has 0 aliphatic rings. The maximum Gasteiger partial charge on any atom is 0.134 e. The Bertz CT molecular complexity index is 3020. The van der Waals surface area contributed by atoms with Crippen molar-refractivity contribution in [1.82, 2.24) is 9.97 Å². The fraction of sp³-hybridized carbons (Fsp3) is 0.0714. The zero-order valence-electron chi connectivity index (χ0n) is 34.6. The highest BCUT2D eigenvalue weighted by molar-refractivity contribution is 6.00. The predicted molar refractivity (Wildman–Crippen MR) is 250 cm³/mol. The molecule has 0 saturated carbocycles. The van der Waals surface area contributed by atoms with Gasteiger partial charge in [-0.25, -0.2) is 0 Å². The molecule has 0 aliphatic heterocycles. The Hall–Kier alpha value is -7.76. The van der Waals surface area contributed by atoms with Gasteiger partial charge < -0.3 is 13.7 Å². The number of anilines is 3. The summed E-state index contributed by atoms with van der Waals surface area (Å²) in [4.78, 5) is 12.5. The summed E-state index contributed by atoms with van der Waals surface area (Å²) in [6, 6.07) is 61.9. The maximum absolute atomic E-state index is 6.34. The first kappa shape index (κ1) is 37.5. The van der Waals surface area contributed by atoms with Crippen molar-refractivity contribution in [3.05, 3.63) is 211 Å². The molecule has 0 amide bonds. The molecule has 4 heterocycles. The Morgan fingerprint density at radius 3 is 1.34 bits per heavy atom. The smallest absolute Gasteiger partial charge is 0.134 e. The third-order valence-corrected chi connectivity index (χ3v) is 11.4. The van der Waals surface area contributed by atoms with Gasteiger partial charge in [-0.05, 0) is 145 Å². The van der Waals surface area contributed by atoms with E-state index in [1.165, 1.54) is 0 Å². The van der Waals surface area contributed by atoms with Crippen LogP contribution in [0.15, 0.2) is 197 Å². The molecule has 0 unspecified atom stereocenters. The number of pyridine rings is 2. The summed E-state index contributed by atoms with van der Waals surface area (Å²) < 4.78 is 12.7. The SMILES string of the molecule is Cc1ccc(-c2cc(-c3cc(-c4ccccc4)c(C)cn3)cc(N(c3cc(-c4cc(-c5ccccc5)c(C)cn4)cc(-c4ccc(C)o4)c3)c3cccc4ccccc34)c2)o1. The van der Waals surface area contributed by atoms with E-state index in [1.807, 2.05) is 50.5 Å². The van der Waals surface area contributed by atoms with E-state index in [1.54, 1.807) is 0 Å². The Labute approximate surface area is 356 Å². The van der Waals surface area contributed by atoms with Crippen molar-refractivity contribution >= 4 is 27.8 Å². The fourth-order valence-electron chi connectivity index (χ4n) is 8.29. The molecule has 0 atom stereocenters. The highest BCUT2D eigenvalue weighted by atomic mass is 16.3. The molecular weight excluding hydrogens is 747 g/mol. The minimum Gasteiger partial charge on any atom is -0.461 e. The first-order valence-corrected chi connectivity index (χ1v) is 20.6. The van der Waals surface area contributed by atoms with Gasteiger partial charge >= 0.3 is 0 Å². The molecule has 0 bridgehead atoms. The third-order valence-electron chi connectivity index (χ3n) is 11.4. The molecular formula is C56H43N3O2. The van der Waals surface area contributed by atoms with Gasteiger partial charge in [0.05, 0.1) is 17.1 Å². The molecule has 0 N–H and O–H groups in total. The standard InChI is InChI=1S/C56H43N3O2/c1-36-34-57-52(32-50(36)41-14-7-5-8-15-41)43-26-45(55-24-22-38(3)60-55)30-47(28-43)59(54-21-13-19-40-18-11-12-20-49(40)54)48-29-44(27-46(31-48)56-25-23-39(4)61-56)53-33-51(37(2)35-58-53)42-16-9-6-10-17-42/h5-35H,1-4H3. The summed E-state index contributed by atoms with van der Waals surface area (Å²) in [5.74, 6) is 3.26. The van der Waals surface area contributed by atoms with Gasteiger partial charge in [-0.15, -0.1) is 0 Å². The van der Waals surface area contributed by atoms with Crippen LogP contribution in [0.4, 0.5) is 17.1 Å². The number of benzene rings is 6. The van der Waals surface area contributed by atoms with E-state index in [-0.39, 0.29) is 0 Å². The average molecular weight is 790 g/mol. The van der Waals surface area contributed by atoms with Gasteiger partial charge in [0.15, 0.2) is 0 Å². The quantitative estimate of drug-likeness (QED) is 0.146. The Morgan fingerprint density at radius 1 is 0.393 bits per heavy atom. The summed E-state index contributed by atoms with van der Waals surface area (Å²) in [6.45, 7) is 8.20. The van der Waals surface area contributed by atoms with Crippen LogP contribution in [-0.2, 0) is 0 Å². The van der Waals surface area contributed by atoms with Crippen LogP contribution in [0.1, 0.15) is 22.6 Å². The van der Waals surface area contributed by atoms with Gasteiger partial charge in [0, 0.05) is 51.4 Å². The molecule has 0 aliphatic carbocycles. The molecule has 0 fully saturated rings. The summed E-state index contributed by atoms with van der Waals surface area (Å²) in [5, 5.41) is 2.26. The van der Waals surface area contributed by atoms with Gasteiger partial charge in [-0.2, -0.15) is 0 Å². The zero-order chi connectivity index (χ0) is 41.5. The minimum absolute atomic E-state index is 0.784. The monoisotopic (exact) mass is 789 g/mol. The van der Waals surface area contributed by atoms with Crippen LogP contribution < -0.4 is 4.90 Å². The highest BCUT2D eigenvalue weighted by Crippen LogP contribution is 2.45. The maximum atomic E-state index is 6.34. The van der Waals surface area contributed by atoms with Crippen LogP contribution in [0.2, 0.25) is 0 Å². The molecule has 5 nitrogen and oxygen atoms in total. The van der Waals surface area contributed by atoms with E-state index < -0.39 is 0 Å². The lowest BCUT2D eigenvalue weighted by Gasteiger charge is -2.29. The second kappa shape index (κ2) is 15.8. The normalized spacial score (nSPS) is 11.3. The third kappa shape index (κ3) is 7.43. The second-order valence-corrected chi connectivity index (χ2v) is 15.7. The molecule has 6 aromatic carbocycles. The summed E-state index contributed by atoms with van der Waals surface area (Å²) in [6.07, 6.45) is 3.95. The number of hydrogen-bond acceptors (Lipinski definition) is 5. The number of aryl methyl sites for hydroxylation is 4. The lowest BCUT2D eigenvalue weighted by Crippen LogP contribution is -2.11. The topological polar surface area (TPSA) is 55.3 Å². The molecule has 10 rings (SSSR count). The van der Waals surface area contributed by atoms with Crippen molar-refractivity contribution in [2.45, 2.75) is 27.7 Å². The van der Waals surface area contributed by atoms with Crippen molar-refractivity contribution in [3.63, 3.8) is 0 Å². The Kier molecular flexibility index (Phi) is 9.70. The van der Waals surface area contributed by atoms with Crippen LogP contribution in [0, 0.1) is 27.7 Å². The van der Waals surface area contributed by atoms with E-state index in [0.717, 1.165) is 118 Å². The second-order valence-electron chi connectivity index (χ2n) is 15.7. The zero-order valence-corrected chi connectivity index (χ0v) is 34.6. The number of rotatable bonds is 9. The molecule has 0 saturated heterocycles. The summed E-state index contributed by atoms with van der Waals surface area (Å²) in [5.41, 5.74) is 15.3. The van der Waals surface area contributed by atoms with Gasteiger partial charge in [0.25, 0.3) is 0 Å². The number of nitrogens with zero attached hydrogens (tertiary/aromatic N) is 3. The van der Waals surface area contributed by atoms with Crippen LogP contribution in [0.3, 0.4) is 0 Å². The predicted octanol–water partition coefficient (Wildman–Crippen LogP) is 15.5. The first-order valence-electron chi connectivity index (χ1n) is 20.6. The van der Waals surface area contributed by atoms with E-state index in [9.17, 15) is 0 Å².